The summed E-state index contributed by atoms with van der Waals surface area (Å²) in [6.45, 7) is 1.86. The average Bonchev–Trinajstić information content (AvgIpc) is 2.59. The fourth-order valence-corrected chi connectivity index (χ4v) is 1.69. The van der Waals surface area contributed by atoms with E-state index in [0.717, 1.165) is 6.42 Å². The van der Waals surface area contributed by atoms with Gasteiger partial charge in [0.05, 0.1) is 5.57 Å². The van der Waals surface area contributed by atoms with Crippen LogP contribution in [0.5, 0.6) is 0 Å². The van der Waals surface area contributed by atoms with Crippen molar-refractivity contribution in [2.75, 3.05) is 13.2 Å². The van der Waals surface area contributed by atoms with Crippen molar-refractivity contribution >= 4 is 11.9 Å². The second-order valence-corrected chi connectivity index (χ2v) is 3.50. The molecule has 0 unspecified atom stereocenters. The highest BCUT2D eigenvalue weighted by atomic mass is 16.4. The first kappa shape index (κ1) is 11.7. The molecule has 0 aliphatic carbocycles. The quantitative estimate of drug-likeness (QED) is 0.660. The van der Waals surface area contributed by atoms with E-state index in [1.165, 1.54) is 11.8 Å². The molecule has 1 fully saturated rings. The number of carbonyl (C=O) groups excluding carboxylic acids is 1. The van der Waals surface area contributed by atoms with Crippen LogP contribution in [-0.4, -0.2) is 40.1 Å². The molecule has 5 nitrogen and oxygen atoms in total. The van der Waals surface area contributed by atoms with Gasteiger partial charge in [-0.25, -0.2) is 4.79 Å². The SMILES string of the molecule is CC(C(=O)O)=C(CCO)N1CCCC1=O. The predicted octanol–water partition coefficient (Wildman–Crippen LogP) is 0.350. The van der Waals surface area contributed by atoms with Crippen molar-refractivity contribution in [2.45, 2.75) is 26.2 Å². The number of rotatable bonds is 4. The number of hydrogen-bond donors (Lipinski definition) is 2. The number of carboxylic acids is 1. The van der Waals surface area contributed by atoms with Crippen LogP contribution in [0.4, 0.5) is 0 Å². The Morgan fingerprint density at radius 1 is 1.53 bits per heavy atom. The van der Waals surface area contributed by atoms with E-state index < -0.39 is 5.97 Å². The van der Waals surface area contributed by atoms with Gasteiger partial charge in [0.25, 0.3) is 0 Å². The first-order valence-corrected chi connectivity index (χ1v) is 4.92. The number of aliphatic hydroxyl groups excluding tert-OH is 1. The van der Waals surface area contributed by atoms with Crippen molar-refractivity contribution in [1.29, 1.82) is 0 Å². The molecular formula is C10H15NO4. The molecule has 0 spiro atoms. The Bertz CT molecular complexity index is 309. The van der Waals surface area contributed by atoms with Gasteiger partial charge in [0.1, 0.15) is 0 Å². The number of aliphatic carboxylic acids is 1. The fraction of sp³-hybridized carbons (Fsp3) is 0.600. The first-order valence-electron chi connectivity index (χ1n) is 4.92. The second kappa shape index (κ2) is 4.93. The van der Waals surface area contributed by atoms with Gasteiger partial charge < -0.3 is 15.1 Å². The topological polar surface area (TPSA) is 77.8 Å². The zero-order chi connectivity index (χ0) is 11.4. The van der Waals surface area contributed by atoms with Crippen molar-refractivity contribution in [3.63, 3.8) is 0 Å². The zero-order valence-electron chi connectivity index (χ0n) is 8.69. The summed E-state index contributed by atoms with van der Waals surface area (Å²) in [5.41, 5.74) is 0.576. The van der Waals surface area contributed by atoms with Gasteiger partial charge in [-0.1, -0.05) is 0 Å². The number of aliphatic hydroxyl groups is 1. The Hall–Kier alpha value is -1.36. The third-order valence-electron chi connectivity index (χ3n) is 2.50. The molecule has 0 aromatic rings. The number of nitrogens with zero attached hydrogens (tertiary/aromatic N) is 1. The van der Waals surface area contributed by atoms with Crippen LogP contribution in [-0.2, 0) is 9.59 Å². The molecule has 5 heteroatoms. The third-order valence-corrected chi connectivity index (χ3v) is 2.50. The molecule has 0 saturated carbocycles. The van der Waals surface area contributed by atoms with E-state index in [-0.39, 0.29) is 24.5 Å². The number of hydrogen-bond acceptors (Lipinski definition) is 3. The molecule has 1 heterocycles. The summed E-state index contributed by atoms with van der Waals surface area (Å²) in [6, 6.07) is 0. The van der Waals surface area contributed by atoms with Gasteiger partial charge in [-0.3, -0.25) is 4.79 Å². The minimum Gasteiger partial charge on any atom is -0.478 e. The van der Waals surface area contributed by atoms with E-state index in [2.05, 4.69) is 0 Å². The van der Waals surface area contributed by atoms with Gasteiger partial charge in [0, 0.05) is 31.7 Å². The number of carboxylic acid groups (broad SMARTS) is 1. The van der Waals surface area contributed by atoms with Crippen molar-refractivity contribution in [3.05, 3.63) is 11.3 Å². The lowest BCUT2D eigenvalue weighted by atomic mass is 10.1. The van der Waals surface area contributed by atoms with Crippen LogP contribution >= 0.6 is 0 Å². The van der Waals surface area contributed by atoms with Gasteiger partial charge in [-0.2, -0.15) is 0 Å². The average molecular weight is 213 g/mol. The molecule has 1 amide bonds. The van der Waals surface area contributed by atoms with E-state index in [0.29, 0.717) is 18.7 Å². The summed E-state index contributed by atoms with van der Waals surface area (Å²) in [5.74, 6) is -1.10. The highest BCUT2D eigenvalue weighted by molar-refractivity contribution is 5.89. The number of carbonyl (C=O) groups is 2. The first-order chi connectivity index (χ1) is 7.07. The summed E-state index contributed by atoms with van der Waals surface area (Å²) in [4.78, 5) is 23.7. The lowest BCUT2D eigenvalue weighted by Gasteiger charge is -2.20. The molecule has 0 aromatic carbocycles. The number of likely N-dealkylation sites (tertiary alicyclic amines) is 1. The van der Waals surface area contributed by atoms with Gasteiger partial charge in [0.15, 0.2) is 0 Å². The van der Waals surface area contributed by atoms with E-state index in [1.54, 1.807) is 0 Å². The van der Waals surface area contributed by atoms with Crippen LogP contribution in [0, 0.1) is 0 Å². The second-order valence-electron chi connectivity index (χ2n) is 3.50. The fourth-order valence-electron chi connectivity index (χ4n) is 1.69. The number of amides is 1. The van der Waals surface area contributed by atoms with Crippen molar-refractivity contribution in [3.8, 4) is 0 Å². The standard InChI is InChI=1S/C10H15NO4/c1-7(10(14)15)8(4-6-12)11-5-2-3-9(11)13/h12H,2-6H2,1H3,(H,14,15). The molecule has 0 bridgehead atoms. The Balaban J connectivity index is 2.96. The molecule has 0 atom stereocenters. The molecule has 1 aliphatic heterocycles. The molecule has 84 valence electrons. The van der Waals surface area contributed by atoms with Crippen molar-refractivity contribution < 1.29 is 19.8 Å². The minimum absolute atomic E-state index is 0.0564. The highest BCUT2D eigenvalue weighted by Crippen LogP contribution is 2.21. The largest absolute Gasteiger partial charge is 0.478 e. The maximum absolute atomic E-state index is 11.4. The molecule has 15 heavy (non-hydrogen) atoms. The van der Waals surface area contributed by atoms with E-state index >= 15 is 0 Å². The lowest BCUT2D eigenvalue weighted by molar-refractivity contribution is -0.132. The minimum atomic E-state index is -1.04. The predicted molar refractivity (Wildman–Crippen MR) is 53.0 cm³/mol. The van der Waals surface area contributed by atoms with E-state index in [1.807, 2.05) is 0 Å². The van der Waals surface area contributed by atoms with Crippen LogP contribution in [0.15, 0.2) is 11.3 Å². The van der Waals surface area contributed by atoms with Gasteiger partial charge in [-0.05, 0) is 13.3 Å². The molecule has 1 saturated heterocycles. The summed E-state index contributed by atoms with van der Waals surface area (Å²) in [6.07, 6.45) is 1.42. The Morgan fingerprint density at radius 2 is 2.20 bits per heavy atom. The Morgan fingerprint density at radius 3 is 2.60 bits per heavy atom. The molecular weight excluding hydrogens is 198 g/mol. The Kier molecular flexibility index (Phi) is 3.85. The third kappa shape index (κ3) is 2.56. The van der Waals surface area contributed by atoms with Crippen LogP contribution < -0.4 is 0 Å². The van der Waals surface area contributed by atoms with Crippen LogP contribution in [0.2, 0.25) is 0 Å². The highest BCUT2D eigenvalue weighted by Gasteiger charge is 2.26. The molecule has 2 N–H and O–H groups in total. The molecule has 0 radical (unpaired) electrons. The van der Waals surface area contributed by atoms with Crippen molar-refractivity contribution in [1.82, 2.24) is 4.90 Å². The summed E-state index contributed by atoms with van der Waals surface area (Å²) in [5, 5.41) is 17.7. The van der Waals surface area contributed by atoms with Gasteiger partial charge in [-0.15, -0.1) is 0 Å². The maximum Gasteiger partial charge on any atom is 0.333 e. The van der Waals surface area contributed by atoms with Gasteiger partial charge in [0.2, 0.25) is 5.91 Å². The zero-order valence-corrected chi connectivity index (χ0v) is 8.69. The molecule has 0 aromatic heterocycles. The monoisotopic (exact) mass is 213 g/mol. The summed E-state index contributed by atoms with van der Waals surface area (Å²) in [7, 11) is 0. The van der Waals surface area contributed by atoms with Crippen molar-refractivity contribution in [2.24, 2.45) is 0 Å². The van der Waals surface area contributed by atoms with E-state index in [4.69, 9.17) is 10.2 Å². The smallest absolute Gasteiger partial charge is 0.333 e. The normalized spacial score (nSPS) is 18.0. The molecule has 1 rings (SSSR count). The van der Waals surface area contributed by atoms with E-state index in [9.17, 15) is 9.59 Å². The maximum atomic E-state index is 11.4. The lowest BCUT2D eigenvalue weighted by Crippen LogP contribution is -2.27. The Labute approximate surface area is 88.0 Å². The summed E-state index contributed by atoms with van der Waals surface area (Å²) < 4.78 is 0. The van der Waals surface area contributed by atoms with Crippen LogP contribution in [0.1, 0.15) is 26.2 Å². The van der Waals surface area contributed by atoms with Gasteiger partial charge >= 0.3 is 5.97 Å². The summed E-state index contributed by atoms with van der Waals surface area (Å²) >= 11 is 0. The van der Waals surface area contributed by atoms with Crippen LogP contribution in [0.3, 0.4) is 0 Å². The molecule has 1 aliphatic rings. The van der Waals surface area contributed by atoms with Crippen LogP contribution in [0.25, 0.3) is 0 Å².